The Morgan fingerprint density at radius 2 is 1.60 bits per heavy atom. The molecular formula is C16H17F2O7-. The molecule has 0 radical (unpaired) electrons. The maximum atomic E-state index is 13.1. The Hall–Kier alpha value is -2.71. The van der Waals surface area contributed by atoms with E-state index < -0.39 is 35.7 Å². The molecule has 0 amide bonds. The molecule has 1 rings (SSSR count). The number of carboxylic acids is 1. The molecular weight excluding hydrogens is 342 g/mol. The number of esters is 1. The fraction of sp³-hybridized carbons (Fsp3) is 0.438. The van der Waals surface area contributed by atoms with Gasteiger partial charge in [0.15, 0.2) is 6.10 Å². The highest BCUT2D eigenvalue weighted by Crippen LogP contribution is 2.22. The van der Waals surface area contributed by atoms with Crippen LogP contribution >= 0.6 is 0 Å². The number of aliphatic carboxylic acids is 1. The summed E-state index contributed by atoms with van der Waals surface area (Å²) in [5.74, 6) is -8.08. The van der Waals surface area contributed by atoms with Gasteiger partial charge >= 0.3 is 18.0 Å². The number of hydrogen-bond acceptors (Lipinski definition) is 7. The Morgan fingerprint density at radius 3 is 2.04 bits per heavy atom. The molecule has 1 atom stereocenters. The molecule has 0 heterocycles. The molecule has 1 aromatic carbocycles. The lowest BCUT2D eigenvalue weighted by Crippen LogP contribution is -2.50. The number of halogens is 2. The Bertz CT molecular complexity index is 647. The average Bonchev–Trinajstić information content (AvgIpc) is 2.45. The van der Waals surface area contributed by atoms with Gasteiger partial charge in [0.1, 0.15) is 17.3 Å². The molecule has 0 saturated carbocycles. The van der Waals surface area contributed by atoms with Gasteiger partial charge in [-0.2, -0.15) is 8.78 Å². The molecule has 0 N–H and O–H groups in total. The van der Waals surface area contributed by atoms with Crippen LogP contribution in [0.5, 0.6) is 5.75 Å². The number of ether oxygens (including phenoxy) is 3. The van der Waals surface area contributed by atoms with E-state index in [1.807, 2.05) is 0 Å². The van der Waals surface area contributed by atoms with Crippen molar-refractivity contribution in [3.05, 3.63) is 29.8 Å². The first-order chi connectivity index (χ1) is 11.3. The lowest BCUT2D eigenvalue weighted by Gasteiger charge is -2.24. The van der Waals surface area contributed by atoms with E-state index in [2.05, 4.69) is 4.74 Å². The molecule has 7 nitrogen and oxygen atoms in total. The monoisotopic (exact) mass is 359 g/mol. The minimum atomic E-state index is -4.32. The highest BCUT2D eigenvalue weighted by atomic mass is 19.3. The zero-order valence-corrected chi connectivity index (χ0v) is 14.0. The van der Waals surface area contributed by atoms with Gasteiger partial charge in [-0.3, -0.25) is 0 Å². The number of carbonyl (C=O) groups is 3. The fourth-order valence-electron chi connectivity index (χ4n) is 1.49. The van der Waals surface area contributed by atoms with Crippen molar-refractivity contribution in [2.45, 2.75) is 45.3 Å². The second-order valence-corrected chi connectivity index (χ2v) is 6.05. The number of carbonyl (C=O) groups excluding carboxylic acids is 3. The molecule has 0 spiro atoms. The number of rotatable bonds is 5. The molecule has 1 unspecified atom stereocenters. The first-order valence-electron chi connectivity index (χ1n) is 7.14. The molecule has 0 aliphatic rings. The Morgan fingerprint density at radius 1 is 1.08 bits per heavy atom. The van der Waals surface area contributed by atoms with Crippen LogP contribution < -0.4 is 9.84 Å². The first-order valence-corrected chi connectivity index (χ1v) is 7.14. The predicted octanol–water partition coefficient (Wildman–Crippen LogP) is 1.93. The summed E-state index contributed by atoms with van der Waals surface area (Å²) in [7, 11) is 0. The molecule has 0 bridgehead atoms. The van der Waals surface area contributed by atoms with E-state index in [0.29, 0.717) is 0 Å². The van der Waals surface area contributed by atoms with Gasteiger partial charge in [0.05, 0.1) is 5.56 Å². The Kier molecular flexibility index (Phi) is 6.06. The van der Waals surface area contributed by atoms with Crippen LogP contribution in [0.2, 0.25) is 0 Å². The Labute approximate surface area is 142 Å². The van der Waals surface area contributed by atoms with Crippen LogP contribution in [0.4, 0.5) is 13.6 Å². The lowest BCUT2D eigenvalue weighted by atomic mass is 10.2. The predicted molar refractivity (Wildman–Crippen MR) is 78.1 cm³/mol. The number of hydrogen-bond donors (Lipinski definition) is 0. The van der Waals surface area contributed by atoms with E-state index in [1.54, 1.807) is 20.8 Å². The SMILES string of the molecule is CC(OC(=O)c1ccc(OC(=O)OC(C)(C)C)cc1)C(F)(F)C(=O)[O-]. The van der Waals surface area contributed by atoms with Crippen LogP contribution in [0, 0.1) is 0 Å². The zero-order valence-electron chi connectivity index (χ0n) is 14.0. The molecule has 138 valence electrons. The van der Waals surface area contributed by atoms with Crippen molar-refractivity contribution in [3.63, 3.8) is 0 Å². The topological polar surface area (TPSA) is 102 Å². The van der Waals surface area contributed by atoms with Crippen LogP contribution in [-0.2, 0) is 14.3 Å². The van der Waals surface area contributed by atoms with Crippen molar-refractivity contribution in [1.29, 1.82) is 0 Å². The third kappa shape index (κ3) is 6.02. The summed E-state index contributed by atoms with van der Waals surface area (Å²) in [6, 6.07) is 4.77. The largest absolute Gasteiger partial charge is 0.544 e. The normalized spacial score (nSPS) is 12.9. The van der Waals surface area contributed by atoms with Crippen molar-refractivity contribution in [2.75, 3.05) is 0 Å². The second kappa shape index (κ2) is 7.45. The van der Waals surface area contributed by atoms with Gasteiger partial charge in [0.2, 0.25) is 0 Å². The minimum absolute atomic E-state index is 0.0546. The highest BCUT2D eigenvalue weighted by Gasteiger charge is 2.41. The van der Waals surface area contributed by atoms with Crippen molar-refractivity contribution >= 4 is 18.1 Å². The maximum absolute atomic E-state index is 13.1. The summed E-state index contributed by atoms with van der Waals surface area (Å²) in [6.45, 7) is 5.68. The zero-order chi connectivity index (χ0) is 19.4. The molecule has 1 aromatic rings. The average molecular weight is 359 g/mol. The van der Waals surface area contributed by atoms with Crippen molar-refractivity contribution in [3.8, 4) is 5.75 Å². The summed E-state index contributed by atoms with van der Waals surface area (Å²) in [6.07, 6.45) is -3.17. The van der Waals surface area contributed by atoms with Gasteiger partial charge in [0.25, 0.3) is 0 Å². The van der Waals surface area contributed by atoms with Crippen LogP contribution in [-0.4, -0.2) is 35.7 Å². The molecule has 0 saturated heterocycles. The highest BCUT2D eigenvalue weighted by molar-refractivity contribution is 5.90. The third-order valence-corrected chi connectivity index (χ3v) is 2.75. The molecule has 0 fully saturated rings. The molecule has 9 heteroatoms. The van der Waals surface area contributed by atoms with E-state index in [0.717, 1.165) is 19.1 Å². The quantitative estimate of drug-likeness (QED) is 0.585. The van der Waals surface area contributed by atoms with Gasteiger partial charge in [0, 0.05) is 0 Å². The number of alkyl halides is 2. The lowest BCUT2D eigenvalue weighted by molar-refractivity contribution is -0.335. The van der Waals surface area contributed by atoms with Gasteiger partial charge in [-0.05, 0) is 52.0 Å². The first kappa shape index (κ1) is 20.3. The fourth-order valence-corrected chi connectivity index (χ4v) is 1.49. The minimum Gasteiger partial charge on any atom is -0.544 e. The van der Waals surface area contributed by atoms with Gasteiger partial charge in [-0.15, -0.1) is 0 Å². The van der Waals surface area contributed by atoms with Crippen LogP contribution in [0.1, 0.15) is 38.1 Å². The molecule has 25 heavy (non-hydrogen) atoms. The van der Waals surface area contributed by atoms with Crippen molar-refractivity contribution in [2.24, 2.45) is 0 Å². The summed E-state index contributed by atoms with van der Waals surface area (Å²) in [5, 5.41) is 10.3. The van der Waals surface area contributed by atoms with E-state index in [1.165, 1.54) is 12.1 Å². The van der Waals surface area contributed by atoms with Crippen LogP contribution in [0.3, 0.4) is 0 Å². The smallest absolute Gasteiger partial charge is 0.514 e. The van der Waals surface area contributed by atoms with Crippen LogP contribution in [0.25, 0.3) is 0 Å². The maximum Gasteiger partial charge on any atom is 0.514 e. The summed E-state index contributed by atoms with van der Waals surface area (Å²) >= 11 is 0. The van der Waals surface area contributed by atoms with E-state index >= 15 is 0 Å². The number of carboxylic acid groups (broad SMARTS) is 1. The van der Waals surface area contributed by atoms with Gasteiger partial charge in [-0.25, -0.2) is 9.59 Å². The summed E-state index contributed by atoms with van der Waals surface area (Å²) < 4.78 is 40.5. The third-order valence-electron chi connectivity index (χ3n) is 2.75. The molecule has 0 aliphatic heterocycles. The van der Waals surface area contributed by atoms with Gasteiger partial charge in [-0.1, -0.05) is 0 Å². The number of benzene rings is 1. The summed E-state index contributed by atoms with van der Waals surface area (Å²) in [4.78, 5) is 33.5. The second-order valence-electron chi connectivity index (χ2n) is 6.05. The van der Waals surface area contributed by atoms with Gasteiger partial charge < -0.3 is 24.1 Å². The van der Waals surface area contributed by atoms with E-state index in [4.69, 9.17) is 9.47 Å². The summed E-state index contributed by atoms with van der Waals surface area (Å²) in [5.41, 5.74) is -0.890. The van der Waals surface area contributed by atoms with Crippen LogP contribution in [0.15, 0.2) is 24.3 Å². The van der Waals surface area contributed by atoms with Crippen molar-refractivity contribution < 1.29 is 42.5 Å². The molecule has 0 aromatic heterocycles. The van der Waals surface area contributed by atoms with Crippen molar-refractivity contribution in [1.82, 2.24) is 0 Å². The Balaban J connectivity index is 2.71. The molecule has 0 aliphatic carbocycles. The van der Waals surface area contributed by atoms with E-state index in [-0.39, 0.29) is 11.3 Å². The standard InChI is InChI=1S/C16H18F2O7/c1-9(16(17,18)13(20)21)23-12(19)10-5-7-11(8-6-10)24-14(22)25-15(2,3)4/h5-9H,1-4H3,(H,20,21)/p-1. The van der Waals surface area contributed by atoms with E-state index in [9.17, 15) is 28.3 Å².